The maximum Gasteiger partial charge on any atom is 0.305 e. The monoisotopic (exact) mass is 497 g/mol. The summed E-state index contributed by atoms with van der Waals surface area (Å²) < 4.78 is 11.5. The summed E-state index contributed by atoms with van der Waals surface area (Å²) in [5, 5.41) is 37.1. The van der Waals surface area contributed by atoms with E-state index in [9.17, 15) is 19.8 Å². The molecule has 1 aliphatic rings. The third kappa shape index (κ3) is 7.36. The van der Waals surface area contributed by atoms with Crippen LogP contribution in [0.5, 0.6) is 17.2 Å². The molecule has 2 aromatic carbocycles. The van der Waals surface area contributed by atoms with Crippen LogP contribution in [0.4, 0.5) is 0 Å². The van der Waals surface area contributed by atoms with Gasteiger partial charge in [0.05, 0.1) is 18.3 Å². The number of nitrogens with two attached hydrogens (primary N) is 1. The first-order chi connectivity index (χ1) is 17.1. The fourth-order valence-electron chi connectivity index (χ4n) is 3.81. The Hall–Kier alpha value is -4.28. The third-order valence-corrected chi connectivity index (χ3v) is 5.80. The minimum Gasteiger partial charge on any atom is -0.504 e. The summed E-state index contributed by atoms with van der Waals surface area (Å²) in [6, 6.07) is 9.84. The number of nitrogens with zero attached hydrogens (tertiary/aromatic N) is 1. The molecule has 1 atom stereocenters. The second kappa shape index (κ2) is 11.9. The zero-order valence-electron chi connectivity index (χ0n) is 20.0. The van der Waals surface area contributed by atoms with Crippen molar-refractivity contribution in [2.75, 3.05) is 19.7 Å². The van der Waals surface area contributed by atoms with Gasteiger partial charge in [0.25, 0.3) is 5.91 Å². The molecule has 0 bridgehead atoms. The van der Waals surface area contributed by atoms with Crippen LogP contribution in [0.2, 0.25) is 0 Å². The van der Waals surface area contributed by atoms with Crippen molar-refractivity contribution in [3.05, 3.63) is 53.6 Å². The van der Waals surface area contributed by atoms with Crippen molar-refractivity contribution >= 4 is 23.5 Å². The number of nitrogens with one attached hydrogen (secondary N) is 3. The molecule has 0 radical (unpaired) electrons. The Morgan fingerprint density at radius 2 is 1.78 bits per heavy atom. The average Bonchev–Trinajstić information content (AvgIpc) is 2.83. The van der Waals surface area contributed by atoms with E-state index in [1.54, 1.807) is 31.2 Å². The Balaban J connectivity index is 1.58. The number of rotatable bonds is 10. The van der Waals surface area contributed by atoms with Crippen molar-refractivity contribution in [1.29, 1.82) is 10.8 Å². The number of hydrogen-bond acceptors (Lipinski definition) is 7. The number of carboxylic acid groups (broad SMARTS) is 1. The lowest BCUT2D eigenvalue weighted by molar-refractivity contribution is -0.137. The number of ether oxygens (including phenoxy) is 2. The van der Waals surface area contributed by atoms with Crippen LogP contribution in [-0.2, 0) is 4.79 Å². The molecule has 1 heterocycles. The summed E-state index contributed by atoms with van der Waals surface area (Å²) in [6.07, 6.45) is 1.25. The van der Waals surface area contributed by atoms with Gasteiger partial charge in [-0.15, -0.1) is 0 Å². The van der Waals surface area contributed by atoms with Gasteiger partial charge in [-0.25, -0.2) is 0 Å². The highest BCUT2D eigenvalue weighted by Gasteiger charge is 2.22. The number of hydrogen-bond donors (Lipinski definition) is 6. The second-order valence-corrected chi connectivity index (χ2v) is 8.59. The number of likely N-dealkylation sites (tertiary alicyclic amines) is 1. The number of piperidine rings is 1. The molecule has 1 saturated heterocycles. The van der Waals surface area contributed by atoms with Crippen LogP contribution in [0, 0.1) is 10.8 Å². The van der Waals surface area contributed by atoms with Crippen LogP contribution in [0.15, 0.2) is 42.5 Å². The summed E-state index contributed by atoms with van der Waals surface area (Å²) in [6.45, 7) is 3.09. The predicted molar refractivity (Wildman–Crippen MR) is 133 cm³/mol. The maximum atomic E-state index is 12.7. The quantitative estimate of drug-likeness (QED) is 0.213. The van der Waals surface area contributed by atoms with E-state index in [0.717, 1.165) is 25.9 Å². The van der Waals surface area contributed by atoms with Crippen LogP contribution >= 0.6 is 0 Å². The third-order valence-electron chi connectivity index (χ3n) is 5.80. The van der Waals surface area contributed by atoms with Gasteiger partial charge in [0.15, 0.2) is 11.5 Å². The molecule has 1 amide bonds. The van der Waals surface area contributed by atoms with E-state index in [1.165, 1.54) is 18.2 Å². The maximum absolute atomic E-state index is 12.7. The summed E-state index contributed by atoms with van der Waals surface area (Å²) in [7, 11) is 0. The first-order valence-electron chi connectivity index (χ1n) is 11.5. The van der Waals surface area contributed by atoms with Gasteiger partial charge in [0, 0.05) is 37.1 Å². The van der Waals surface area contributed by atoms with E-state index in [0.29, 0.717) is 22.7 Å². The number of aromatic hydroxyl groups is 1. The van der Waals surface area contributed by atoms with Crippen molar-refractivity contribution in [1.82, 2.24) is 10.2 Å². The molecular formula is C25H31N5O6. The number of amidine groups is 2. The molecule has 1 unspecified atom stereocenters. The van der Waals surface area contributed by atoms with Gasteiger partial charge in [0.1, 0.15) is 24.3 Å². The summed E-state index contributed by atoms with van der Waals surface area (Å²) in [5.41, 5.74) is 6.12. The molecule has 2 aromatic rings. The number of carbonyl (C=O) groups excluding carboxylic acids is 1. The Morgan fingerprint density at radius 1 is 1.14 bits per heavy atom. The van der Waals surface area contributed by atoms with Crippen LogP contribution in [0.25, 0.3) is 0 Å². The zero-order valence-corrected chi connectivity index (χ0v) is 20.0. The first-order valence-corrected chi connectivity index (χ1v) is 11.5. The molecule has 0 saturated carbocycles. The minimum absolute atomic E-state index is 0.0236. The number of benzene rings is 2. The lowest BCUT2D eigenvalue weighted by atomic mass is 10.1. The SMILES string of the molecule is CC(=N)N1CCC(Oc2ccc(C(=O)NC(COc3cc(C(=N)N)ccc3O)CC(=O)O)cc2)CC1. The summed E-state index contributed by atoms with van der Waals surface area (Å²) in [4.78, 5) is 26.1. The molecule has 3 rings (SSSR count). The van der Waals surface area contributed by atoms with Crippen molar-refractivity contribution in [2.24, 2.45) is 5.73 Å². The molecule has 11 heteroatoms. The van der Waals surface area contributed by atoms with Crippen molar-refractivity contribution < 1.29 is 29.3 Å². The average molecular weight is 498 g/mol. The van der Waals surface area contributed by atoms with Crippen molar-refractivity contribution in [3.8, 4) is 17.2 Å². The molecular weight excluding hydrogens is 466 g/mol. The number of phenols is 1. The molecule has 192 valence electrons. The number of amides is 1. The highest BCUT2D eigenvalue weighted by atomic mass is 16.5. The number of carbonyl (C=O) groups is 2. The largest absolute Gasteiger partial charge is 0.504 e. The molecule has 7 N–H and O–H groups in total. The highest BCUT2D eigenvalue weighted by molar-refractivity contribution is 5.95. The number of carboxylic acids is 1. The van der Waals surface area contributed by atoms with Gasteiger partial charge in [-0.05, 0) is 49.4 Å². The number of phenolic OH excluding ortho intramolecular Hbond substituents is 1. The Labute approximate surface area is 208 Å². The fraction of sp³-hybridized carbons (Fsp3) is 0.360. The normalized spacial score (nSPS) is 14.5. The Morgan fingerprint density at radius 3 is 2.36 bits per heavy atom. The van der Waals surface area contributed by atoms with E-state index in [4.69, 9.17) is 26.0 Å². The van der Waals surface area contributed by atoms with Crippen LogP contribution in [-0.4, -0.2) is 70.5 Å². The molecule has 1 fully saturated rings. The zero-order chi connectivity index (χ0) is 26.2. The van der Waals surface area contributed by atoms with Crippen LogP contribution in [0.1, 0.15) is 42.1 Å². The topological polar surface area (TPSA) is 182 Å². The molecule has 11 nitrogen and oxygen atoms in total. The predicted octanol–water partition coefficient (Wildman–Crippen LogP) is 2.17. The standard InChI is InChI=1S/C25H31N5O6/c1-15(26)30-10-8-20(9-11-30)36-19-5-2-16(3-6-19)25(34)29-18(13-23(32)33)14-35-22-12-17(24(27)28)4-7-21(22)31/h2-7,12,18,20,26,31H,8-11,13-14H2,1H3,(H3,27,28)(H,29,34)(H,32,33). The second-order valence-electron chi connectivity index (χ2n) is 8.59. The van der Waals surface area contributed by atoms with E-state index in [-0.39, 0.29) is 30.0 Å². The van der Waals surface area contributed by atoms with E-state index in [2.05, 4.69) is 5.32 Å². The first kappa shape index (κ1) is 26.3. The lowest BCUT2D eigenvalue weighted by Crippen LogP contribution is -2.40. The van der Waals surface area contributed by atoms with Gasteiger partial charge in [0.2, 0.25) is 0 Å². The number of nitrogen functional groups attached to an aromatic ring is 1. The minimum atomic E-state index is -1.13. The van der Waals surface area contributed by atoms with Crippen molar-refractivity contribution in [3.63, 3.8) is 0 Å². The van der Waals surface area contributed by atoms with Crippen LogP contribution < -0.4 is 20.5 Å². The molecule has 0 aliphatic carbocycles. The van der Waals surface area contributed by atoms with Gasteiger partial charge in [-0.2, -0.15) is 0 Å². The smallest absolute Gasteiger partial charge is 0.305 e. The van der Waals surface area contributed by atoms with Gasteiger partial charge in [-0.3, -0.25) is 20.4 Å². The Kier molecular flexibility index (Phi) is 8.71. The molecule has 0 aromatic heterocycles. The van der Waals surface area contributed by atoms with E-state index >= 15 is 0 Å². The summed E-state index contributed by atoms with van der Waals surface area (Å²) >= 11 is 0. The van der Waals surface area contributed by atoms with E-state index < -0.39 is 24.3 Å². The molecule has 36 heavy (non-hydrogen) atoms. The van der Waals surface area contributed by atoms with E-state index in [1.807, 2.05) is 4.90 Å². The fourth-order valence-corrected chi connectivity index (χ4v) is 3.81. The van der Waals surface area contributed by atoms with Crippen LogP contribution in [0.3, 0.4) is 0 Å². The van der Waals surface area contributed by atoms with Crippen molar-refractivity contribution in [2.45, 2.75) is 38.3 Å². The van der Waals surface area contributed by atoms with Gasteiger partial charge in [-0.1, -0.05) is 0 Å². The molecule has 0 spiro atoms. The molecule has 1 aliphatic heterocycles. The Bertz CT molecular complexity index is 1110. The number of aliphatic carboxylic acids is 1. The lowest BCUT2D eigenvalue weighted by Gasteiger charge is -2.32. The van der Waals surface area contributed by atoms with Gasteiger partial charge >= 0.3 is 5.97 Å². The van der Waals surface area contributed by atoms with Gasteiger partial charge < -0.3 is 35.6 Å². The summed E-state index contributed by atoms with van der Waals surface area (Å²) in [5.74, 6) is -0.814. The highest BCUT2D eigenvalue weighted by Crippen LogP contribution is 2.27.